The predicted molar refractivity (Wildman–Crippen MR) is 75.8 cm³/mol. The summed E-state index contributed by atoms with van der Waals surface area (Å²) in [6.45, 7) is 4.23. The zero-order valence-electron chi connectivity index (χ0n) is 10.4. The highest BCUT2D eigenvalue weighted by atomic mass is 32.2. The van der Waals surface area contributed by atoms with Gasteiger partial charge in [0.15, 0.2) is 0 Å². The van der Waals surface area contributed by atoms with Gasteiger partial charge in [-0.2, -0.15) is 11.8 Å². The smallest absolute Gasteiger partial charge is 0.0807 e. The van der Waals surface area contributed by atoms with E-state index in [2.05, 4.69) is 23.1 Å². The van der Waals surface area contributed by atoms with Gasteiger partial charge in [0.1, 0.15) is 0 Å². The van der Waals surface area contributed by atoms with Gasteiger partial charge in [-0.3, -0.25) is 0 Å². The molecule has 3 heteroatoms. The van der Waals surface area contributed by atoms with Crippen LogP contribution in [0.5, 0.6) is 0 Å². The molecular weight excluding hydrogens is 230 g/mol. The van der Waals surface area contributed by atoms with Crippen LogP contribution in [0.15, 0.2) is 24.3 Å². The summed E-state index contributed by atoms with van der Waals surface area (Å²) in [6.07, 6.45) is 1.68. The number of anilines is 1. The van der Waals surface area contributed by atoms with E-state index in [1.54, 1.807) is 0 Å². The second-order valence-electron chi connectivity index (χ2n) is 4.44. The SMILES string of the molecule is CC[C@H](O)c1ccccc1N1CCCSCC1. The molecule has 1 atom stereocenters. The first-order valence-electron chi connectivity index (χ1n) is 6.42. The number of benzene rings is 1. The second-order valence-corrected chi connectivity index (χ2v) is 5.66. The Balaban J connectivity index is 2.23. The normalized spacial score (nSPS) is 18.8. The molecule has 1 aromatic carbocycles. The summed E-state index contributed by atoms with van der Waals surface area (Å²) >= 11 is 2.03. The lowest BCUT2D eigenvalue weighted by Crippen LogP contribution is -2.26. The van der Waals surface area contributed by atoms with Gasteiger partial charge in [-0.15, -0.1) is 0 Å². The van der Waals surface area contributed by atoms with Crippen molar-refractivity contribution in [3.8, 4) is 0 Å². The van der Waals surface area contributed by atoms with E-state index in [0.29, 0.717) is 0 Å². The summed E-state index contributed by atoms with van der Waals surface area (Å²) in [6, 6.07) is 8.29. The Hall–Kier alpha value is -0.670. The third-order valence-corrected chi connectivity index (χ3v) is 4.29. The van der Waals surface area contributed by atoms with Crippen molar-refractivity contribution in [3.05, 3.63) is 29.8 Å². The summed E-state index contributed by atoms with van der Waals surface area (Å²) in [5, 5.41) is 10.1. The first-order chi connectivity index (χ1) is 8.33. The van der Waals surface area contributed by atoms with E-state index in [0.717, 1.165) is 25.1 Å². The average molecular weight is 251 g/mol. The van der Waals surface area contributed by atoms with E-state index in [1.807, 2.05) is 24.8 Å². The maximum Gasteiger partial charge on any atom is 0.0807 e. The Morgan fingerprint density at radius 3 is 2.94 bits per heavy atom. The van der Waals surface area contributed by atoms with Crippen molar-refractivity contribution >= 4 is 17.4 Å². The number of thioether (sulfide) groups is 1. The Bertz CT molecular complexity index is 348. The molecule has 1 aliphatic heterocycles. The molecule has 0 saturated carbocycles. The number of para-hydroxylation sites is 1. The average Bonchev–Trinajstić information content (AvgIpc) is 2.66. The van der Waals surface area contributed by atoms with E-state index in [-0.39, 0.29) is 6.10 Å². The van der Waals surface area contributed by atoms with Gasteiger partial charge in [0.25, 0.3) is 0 Å². The Labute approximate surface area is 108 Å². The van der Waals surface area contributed by atoms with Crippen molar-refractivity contribution in [1.29, 1.82) is 0 Å². The molecule has 1 aromatic rings. The Kier molecular flexibility index (Phi) is 4.75. The van der Waals surface area contributed by atoms with Crippen molar-refractivity contribution in [1.82, 2.24) is 0 Å². The molecule has 0 aromatic heterocycles. The first-order valence-corrected chi connectivity index (χ1v) is 7.58. The molecule has 0 amide bonds. The van der Waals surface area contributed by atoms with Crippen LogP contribution in [-0.4, -0.2) is 29.7 Å². The predicted octanol–water partition coefficient (Wildman–Crippen LogP) is 3.07. The first kappa shape index (κ1) is 12.8. The summed E-state index contributed by atoms with van der Waals surface area (Å²) in [7, 11) is 0. The van der Waals surface area contributed by atoms with E-state index < -0.39 is 0 Å². The van der Waals surface area contributed by atoms with Gasteiger partial charge in [-0.05, 0) is 24.7 Å². The van der Waals surface area contributed by atoms with Crippen LogP contribution < -0.4 is 4.90 Å². The summed E-state index contributed by atoms with van der Waals surface area (Å²) in [5.74, 6) is 2.45. The number of hydrogen-bond donors (Lipinski definition) is 1. The van der Waals surface area contributed by atoms with Gasteiger partial charge >= 0.3 is 0 Å². The molecule has 2 rings (SSSR count). The van der Waals surface area contributed by atoms with Crippen molar-refractivity contribution in [2.45, 2.75) is 25.9 Å². The standard InChI is InChI=1S/C14H21NOS/c1-2-14(16)12-6-3-4-7-13(12)15-8-5-10-17-11-9-15/h3-4,6-7,14,16H,2,5,8-11H2,1H3/t14-/m0/s1. The lowest BCUT2D eigenvalue weighted by atomic mass is 10.0. The zero-order valence-corrected chi connectivity index (χ0v) is 11.2. The van der Waals surface area contributed by atoms with Gasteiger partial charge in [0.05, 0.1) is 6.10 Å². The highest BCUT2D eigenvalue weighted by Gasteiger charge is 2.16. The fraction of sp³-hybridized carbons (Fsp3) is 0.571. The van der Waals surface area contributed by atoms with Gasteiger partial charge in [-0.1, -0.05) is 25.1 Å². The van der Waals surface area contributed by atoms with Crippen LogP contribution in [-0.2, 0) is 0 Å². The van der Waals surface area contributed by atoms with E-state index in [1.165, 1.54) is 23.6 Å². The molecule has 1 saturated heterocycles. The zero-order chi connectivity index (χ0) is 12.1. The minimum atomic E-state index is -0.331. The number of aliphatic hydroxyl groups is 1. The fourth-order valence-corrected chi connectivity index (χ4v) is 3.15. The minimum Gasteiger partial charge on any atom is -0.388 e. The molecule has 1 N–H and O–H groups in total. The quantitative estimate of drug-likeness (QED) is 0.893. The number of aliphatic hydroxyl groups excluding tert-OH is 1. The molecule has 0 spiro atoms. The van der Waals surface area contributed by atoms with Crippen LogP contribution >= 0.6 is 11.8 Å². The topological polar surface area (TPSA) is 23.5 Å². The molecule has 0 unspecified atom stereocenters. The largest absolute Gasteiger partial charge is 0.388 e. The van der Waals surface area contributed by atoms with Crippen molar-refractivity contribution in [2.75, 3.05) is 29.5 Å². The molecule has 1 aliphatic rings. The molecule has 1 fully saturated rings. The molecule has 0 radical (unpaired) electrons. The van der Waals surface area contributed by atoms with Gasteiger partial charge in [0.2, 0.25) is 0 Å². The highest BCUT2D eigenvalue weighted by Crippen LogP contribution is 2.29. The number of nitrogens with zero attached hydrogens (tertiary/aromatic N) is 1. The van der Waals surface area contributed by atoms with Crippen LogP contribution in [0.2, 0.25) is 0 Å². The summed E-state index contributed by atoms with van der Waals surface area (Å²) in [4.78, 5) is 2.42. The maximum atomic E-state index is 10.1. The molecule has 17 heavy (non-hydrogen) atoms. The molecule has 0 bridgehead atoms. The van der Waals surface area contributed by atoms with Crippen LogP contribution in [0.1, 0.15) is 31.4 Å². The van der Waals surface area contributed by atoms with Crippen LogP contribution in [0, 0.1) is 0 Å². The summed E-state index contributed by atoms with van der Waals surface area (Å²) in [5.41, 5.74) is 2.31. The van der Waals surface area contributed by atoms with Crippen molar-refractivity contribution < 1.29 is 5.11 Å². The molecule has 0 aliphatic carbocycles. The monoisotopic (exact) mass is 251 g/mol. The van der Waals surface area contributed by atoms with Crippen LogP contribution in [0.25, 0.3) is 0 Å². The van der Waals surface area contributed by atoms with Crippen LogP contribution in [0.3, 0.4) is 0 Å². The van der Waals surface area contributed by atoms with Gasteiger partial charge < -0.3 is 10.0 Å². The van der Waals surface area contributed by atoms with Gasteiger partial charge in [-0.25, -0.2) is 0 Å². The fourth-order valence-electron chi connectivity index (χ4n) is 2.26. The number of rotatable bonds is 3. The lowest BCUT2D eigenvalue weighted by Gasteiger charge is -2.26. The van der Waals surface area contributed by atoms with E-state index in [9.17, 15) is 5.11 Å². The minimum absolute atomic E-state index is 0.331. The molecular formula is C14H21NOS. The summed E-state index contributed by atoms with van der Waals surface area (Å²) < 4.78 is 0. The Morgan fingerprint density at radius 1 is 1.29 bits per heavy atom. The maximum absolute atomic E-state index is 10.1. The van der Waals surface area contributed by atoms with Crippen molar-refractivity contribution in [2.24, 2.45) is 0 Å². The third kappa shape index (κ3) is 3.17. The molecule has 2 nitrogen and oxygen atoms in total. The van der Waals surface area contributed by atoms with Gasteiger partial charge in [0, 0.05) is 30.1 Å². The number of hydrogen-bond acceptors (Lipinski definition) is 3. The molecule has 1 heterocycles. The van der Waals surface area contributed by atoms with Crippen molar-refractivity contribution in [3.63, 3.8) is 0 Å². The lowest BCUT2D eigenvalue weighted by molar-refractivity contribution is 0.174. The van der Waals surface area contributed by atoms with Crippen LogP contribution in [0.4, 0.5) is 5.69 Å². The molecule has 94 valence electrons. The second kappa shape index (κ2) is 6.31. The third-order valence-electron chi connectivity index (χ3n) is 3.25. The highest BCUT2D eigenvalue weighted by molar-refractivity contribution is 7.99. The van der Waals surface area contributed by atoms with E-state index in [4.69, 9.17) is 0 Å². The Morgan fingerprint density at radius 2 is 2.12 bits per heavy atom. The van der Waals surface area contributed by atoms with E-state index >= 15 is 0 Å².